The van der Waals surface area contributed by atoms with Gasteiger partial charge in [-0.3, -0.25) is 0 Å². The Labute approximate surface area is 543 Å². The minimum atomic E-state index is -3.32. The Hall–Kier alpha value is -11.9. The second kappa shape index (κ2) is 23.5. The third-order valence-electron chi connectivity index (χ3n) is 19.0. The van der Waals surface area contributed by atoms with Crippen molar-refractivity contribution in [1.29, 1.82) is 0 Å². The number of benzene rings is 15. The largest absolute Gasteiger partial charge is 0.308 e. The van der Waals surface area contributed by atoms with E-state index in [0.29, 0.717) is 0 Å². The number of fused-ring (bicyclic) bond motifs is 6. The monoisotopic (exact) mass is 1200 g/mol. The second-order valence-corrected chi connectivity index (χ2v) is 28.1. The van der Waals surface area contributed by atoms with Crippen molar-refractivity contribution in [2.24, 2.45) is 0 Å². The Bertz CT molecular complexity index is 5350. The highest BCUT2D eigenvalue weighted by atomic mass is 28.3. The van der Waals surface area contributed by atoms with Crippen LogP contribution in [0.4, 0.5) is 0 Å². The summed E-state index contributed by atoms with van der Waals surface area (Å²) in [4.78, 5) is 0. The molecule has 0 N–H and O–H groups in total. The Morgan fingerprint density at radius 2 is 0.462 bits per heavy atom. The minimum Gasteiger partial charge on any atom is -0.308 e. The third kappa shape index (κ3) is 9.56. The van der Waals surface area contributed by atoms with Gasteiger partial charge in [-0.25, -0.2) is 0 Å². The van der Waals surface area contributed by atoms with Crippen LogP contribution in [0.3, 0.4) is 0 Å². The molecule has 0 atom stereocenters. The molecule has 17 rings (SSSR count). The molecule has 0 unspecified atom stereocenters. The molecule has 2 heterocycles. The van der Waals surface area contributed by atoms with Crippen molar-refractivity contribution < 1.29 is 0 Å². The van der Waals surface area contributed by atoms with Crippen LogP contribution in [0, 0.1) is 0 Å². The Morgan fingerprint density at radius 3 is 0.849 bits per heavy atom. The number of para-hydroxylation sites is 3. The van der Waals surface area contributed by atoms with Crippen LogP contribution in [-0.4, -0.2) is 17.2 Å². The molecule has 0 saturated heterocycles. The molecule has 0 fully saturated rings. The summed E-state index contributed by atoms with van der Waals surface area (Å²) in [6.45, 7) is 0. The third-order valence-corrected chi connectivity index (χ3v) is 23.7. The molecule has 0 radical (unpaired) electrons. The van der Waals surface area contributed by atoms with Crippen LogP contribution >= 0.6 is 0 Å². The lowest BCUT2D eigenvalue weighted by atomic mass is 9.95. The highest BCUT2D eigenvalue weighted by Crippen LogP contribution is 2.45. The van der Waals surface area contributed by atoms with E-state index < -0.39 is 8.07 Å². The molecule has 3 heteroatoms. The predicted molar refractivity (Wildman–Crippen MR) is 397 cm³/mol. The van der Waals surface area contributed by atoms with Crippen LogP contribution in [0.1, 0.15) is 0 Å². The average Bonchev–Trinajstić information content (AvgIpc) is 1.72. The first-order valence-corrected chi connectivity index (χ1v) is 34.1. The fourth-order valence-corrected chi connectivity index (χ4v) is 19.7. The fraction of sp³-hybridized carbons (Fsp3) is 0. The smallest absolute Gasteiger partial charge is 0.179 e. The Kier molecular flexibility index (Phi) is 13.9. The molecule has 436 valence electrons. The molecule has 0 aliphatic rings. The summed E-state index contributed by atoms with van der Waals surface area (Å²) in [5, 5.41) is 10.0. The van der Waals surface area contributed by atoms with Gasteiger partial charge < -0.3 is 9.13 Å². The van der Waals surface area contributed by atoms with Crippen molar-refractivity contribution in [3.8, 4) is 89.3 Å². The first-order chi connectivity index (χ1) is 46.2. The lowest BCUT2D eigenvalue weighted by Gasteiger charge is -2.36. The molecular weight excluding hydrogens is 1140 g/mol. The molecule has 0 aliphatic heterocycles. The summed E-state index contributed by atoms with van der Waals surface area (Å²) in [6, 6.07) is 140. The predicted octanol–water partition coefficient (Wildman–Crippen LogP) is 20.9. The maximum Gasteiger partial charge on any atom is 0.179 e. The number of rotatable bonds is 13. The molecule has 0 saturated carbocycles. The van der Waals surface area contributed by atoms with Gasteiger partial charge in [-0.15, -0.1) is 0 Å². The quantitative estimate of drug-likeness (QED) is 0.0804. The van der Waals surface area contributed by atoms with Gasteiger partial charge in [-0.2, -0.15) is 0 Å². The molecule has 0 bridgehead atoms. The number of aromatic nitrogens is 2. The summed E-state index contributed by atoms with van der Waals surface area (Å²) in [7, 11) is -3.32. The molecule has 15 aromatic carbocycles. The zero-order valence-corrected chi connectivity index (χ0v) is 52.2. The molecular formula is C90H62N2Si. The standard InChI is InChI=1S/C90H62N2Si/c1-9-30-63(31-10-1)71-56-72(64-32-11-2-12-33-64)58-75(57-71)93(73-42-21-7-22-43-73,74-44-23-8-24-45-74)76-61-81(67-38-17-5-18-39-67)90(82(62-76)68-40-19-6-20-41-68)92-86-51-28-26-47-80(86)84-60-70(53-55-88(84)92)69-52-54-87-83(59-69)79-46-25-27-50-85(79)91(87)89-77(65-34-13-3-14-35-65)48-29-49-78(89)66-36-15-4-16-37-66/h1-62H. The molecule has 2 nitrogen and oxygen atoms in total. The maximum absolute atomic E-state index is 3.32. The van der Waals surface area contributed by atoms with Gasteiger partial charge in [-0.05, 0) is 119 Å². The van der Waals surface area contributed by atoms with E-state index in [1.54, 1.807) is 0 Å². The number of hydrogen-bond donors (Lipinski definition) is 0. The Morgan fingerprint density at radius 1 is 0.161 bits per heavy atom. The van der Waals surface area contributed by atoms with E-state index in [1.165, 1.54) is 98.0 Å². The zero-order chi connectivity index (χ0) is 61.7. The second-order valence-electron chi connectivity index (χ2n) is 24.3. The van der Waals surface area contributed by atoms with Crippen molar-refractivity contribution in [3.63, 3.8) is 0 Å². The van der Waals surface area contributed by atoms with Crippen molar-refractivity contribution in [3.05, 3.63) is 376 Å². The minimum absolute atomic E-state index is 1.14. The number of hydrogen-bond acceptors (Lipinski definition) is 0. The summed E-state index contributed by atoms with van der Waals surface area (Å²) in [5.41, 5.74) is 23.4. The van der Waals surface area contributed by atoms with Crippen molar-refractivity contribution in [2.75, 3.05) is 0 Å². The first kappa shape index (κ1) is 55.2. The van der Waals surface area contributed by atoms with E-state index in [2.05, 4.69) is 385 Å². The van der Waals surface area contributed by atoms with Crippen LogP contribution in [0.5, 0.6) is 0 Å². The topological polar surface area (TPSA) is 9.86 Å². The highest BCUT2D eigenvalue weighted by molar-refractivity contribution is 7.20. The van der Waals surface area contributed by atoms with Gasteiger partial charge in [0.25, 0.3) is 0 Å². The van der Waals surface area contributed by atoms with Crippen LogP contribution in [0.2, 0.25) is 0 Å². The van der Waals surface area contributed by atoms with Gasteiger partial charge in [-0.1, -0.05) is 334 Å². The fourth-order valence-electron chi connectivity index (χ4n) is 14.9. The summed E-state index contributed by atoms with van der Waals surface area (Å²) >= 11 is 0. The SMILES string of the molecule is c1ccc(-c2cc(-c3ccccc3)cc([Si](c3ccccc3)(c3ccccc3)c3cc(-c4ccccc4)c(-n4c5ccccc5c5cc(-c6ccc7c(c6)c6ccccc6n7-c6c(-c7ccccc7)cccc6-c6ccccc6)ccc54)c(-c4ccccc4)c3)c2)cc1. The van der Waals surface area contributed by atoms with Crippen molar-refractivity contribution in [1.82, 2.24) is 9.13 Å². The first-order valence-electron chi connectivity index (χ1n) is 32.1. The van der Waals surface area contributed by atoms with Crippen LogP contribution in [0.15, 0.2) is 376 Å². The van der Waals surface area contributed by atoms with Gasteiger partial charge in [0, 0.05) is 43.8 Å². The van der Waals surface area contributed by atoms with E-state index in [4.69, 9.17) is 0 Å². The lowest BCUT2D eigenvalue weighted by Crippen LogP contribution is -2.74. The molecule has 0 aliphatic carbocycles. The van der Waals surface area contributed by atoms with Crippen molar-refractivity contribution in [2.45, 2.75) is 0 Å². The van der Waals surface area contributed by atoms with Gasteiger partial charge in [0.15, 0.2) is 8.07 Å². The van der Waals surface area contributed by atoms with Crippen molar-refractivity contribution >= 4 is 72.4 Å². The molecule has 17 aromatic rings. The molecule has 2 aromatic heterocycles. The van der Waals surface area contributed by atoms with Gasteiger partial charge >= 0.3 is 0 Å². The van der Waals surface area contributed by atoms with E-state index in [-0.39, 0.29) is 0 Å². The lowest BCUT2D eigenvalue weighted by molar-refractivity contribution is 1.18. The maximum atomic E-state index is 2.59. The van der Waals surface area contributed by atoms with Gasteiger partial charge in [0.2, 0.25) is 0 Å². The normalized spacial score (nSPS) is 11.7. The van der Waals surface area contributed by atoms with E-state index in [9.17, 15) is 0 Å². The van der Waals surface area contributed by atoms with Crippen LogP contribution in [-0.2, 0) is 0 Å². The Balaban J connectivity index is 0.915. The molecule has 0 spiro atoms. The van der Waals surface area contributed by atoms with Crippen LogP contribution in [0.25, 0.3) is 133 Å². The summed E-state index contributed by atoms with van der Waals surface area (Å²) < 4.78 is 5.08. The molecule has 0 amide bonds. The van der Waals surface area contributed by atoms with E-state index >= 15 is 0 Å². The van der Waals surface area contributed by atoms with Gasteiger partial charge in [0.05, 0.1) is 33.4 Å². The molecule has 93 heavy (non-hydrogen) atoms. The van der Waals surface area contributed by atoms with E-state index in [1.807, 2.05) is 0 Å². The van der Waals surface area contributed by atoms with Crippen LogP contribution < -0.4 is 20.7 Å². The van der Waals surface area contributed by atoms with E-state index in [0.717, 1.165) is 55.6 Å². The summed E-state index contributed by atoms with van der Waals surface area (Å²) in [5.74, 6) is 0. The summed E-state index contributed by atoms with van der Waals surface area (Å²) in [6.07, 6.45) is 0. The highest BCUT2D eigenvalue weighted by Gasteiger charge is 2.43. The average molecular weight is 1200 g/mol. The number of nitrogens with zero attached hydrogens (tertiary/aromatic N) is 2. The zero-order valence-electron chi connectivity index (χ0n) is 51.2. The van der Waals surface area contributed by atoms with Gasteiger partial charge in [0.1, 0.15) is 0 Å².